The molecule has 1 N–H and O–H groups in total. The molecule has 0 atom stereocenters. The molecule has 118 valence electrons. The van der Waals surface area contributed by atoms with E-state index in [2.05, 4.69) is 15.1 Å². The predicted molar refractivity (Wildman–Crippen MR) is 85.0 cm³/mol. The number of imidazole rings is 1. The first-order valence-electron chi connectivity index (χ1n) is 7.89. The van der Waals surface area contributed by atoms with Crippen molar-refractivity contribution in [2.45, 2.75) is 32.2 Å². The van der Waals surface area contributed by atoms with E-state index in [1.165, 1.54) is 0 Å². The number of benzene rings is 1. The highest BCUT2D eigenvalue weighted by Gasteiger charge is 2.26. The SMILES string of the molecule is CN(Cc1nc2ccccc2[nH]1)C(=O)c1onc2c1CCCC2. The van der Waals surface area contributed by atoms with Crippen molar-refractivity contribution < 1.29 is 9.32 Å². The molecular weight excluding hydrogens is 292 g/mol. The van der Waals surface area contributed by atoms with Crippen molar-refractivity contribution in [2.75, 3.05) is 7.05 Å². The van der Waals surface area contributed by atoms with Crippen molar-refractivity contribution in [3.8, 4) is 0 Å². The van der Waals surface area contributed by atoms with Crippen LogP contribution in [0.25, 0.3) is 11.0 Å². The highest BCUT2D eigenvalue weighted by atomic mass is 16.5. The van der Waals surface area contributed by atoms with Crippen molar-refractivity contribution in [1.82, 2.24) is 20.0 Å². The fourth-order valence-electron chi connectivity index (χ4n) is 3.11. The molecule has 0 aliphatic heterocycles. The number of rotatable bonds is 3. The number of carbonyl (C=O) groups is 1. The Morgan fingerprint density at radius 1 is 1.30 bits per heavy atom. The van der Waals surface area contributed by atoms with Crippen molar-refractivity contribution >= 4 is 16.9 Å². The normalized spacial score (nSPS) is 14.0. The molecule has 0 spiro atoms. The molecule has 0 radical (unpaired) electrons. The molecule has 0 bridgehead atoms. The maximum absolute atomic E-state index is 12.6. The summed E-state index contributed by atoms with van der Waals surface area (Å²) in [4.78, 5) is 22.0. The molecule has 3 aromatic rings. The molecule has 0 saturated carbocycles. The van der Waals surface area contributed by atoms with E-state index in [0.717, 1.165) is 53.8 Å². The first-order valence-corrected chi connectivity index (χ1v) is 7.89. The van der Waals surface area contributed by atoms with Crippen LogP contribution in [0.1, 0.15) is 40.5 Å². The second-order valence-corrected chi connectivity index (χ2v) is 6.01. The lowest BCUT2D eigenvalue weighted by molar-refractivity contribution is 0.0739. The summed E-state index contributed by atoms with van der Waals surface area (Å²) < 4.78 is 5.33. The predicted octanol–water partition coefficient (Wildman–Crippen LogP) is 2.70. The van der Waals surface area contributed by atoms with Gasteiger partial charge in [0.2, 0.25) is 5.76 Å². The number of fused-ring (bicyclic) bond motifs is 2. The summed E-state index contributed by atoms with van der Waals surface area (Å²) in [5, 5.41) is 4.06. The maximum Gasteiger partial charge on any atom is 0.292 e. The smallest absolute Gasteiger partial charge is 0.292 e. The van der Waals surface area contributed by atoms with Gasteiger partial charge in [-0.15, -0.1) is 0 Å². The molecule has 4 rings (SSSR count). The van der Waals surface area contributed by atoms with Gasteiger partial charge in [0.25, 0.3) is 5.91 Å². The molecule has 1 aliphatic carbocycles. The van der Waals surface area contributed by atoms with Gasteiger partial charge in [-0.25, -0.2) is 4.98 Å². The summed E-state index contributed by atoms with van der Waals surface area (Å²) in [6.07, 6.45) is 3.97. The third kappa shape index (κ3) is 2.50. The number of aromatic nitrogens is 3. The summed E-state index contributed by atoms with van der Waals surface area (Å²) >= 11 is 0. The lowest BCUT2D eigenvalue weighted by atomic mass is 9.96. The summed E-state index contributed by atoms with van der Waals surface area (Å²) in [5.74, 6) is 1.01. The summed E-state index contributed by atoms with van der Waals surface area (Å²) in [5.41, 5.74) is 3.80. The fraction of sp³-hybridized carbons (Fsp3) is 0.353. The van der Waals surface area contributed by atoms with Crippen LogP contribution in [0.5, 0.6) is 0 Å². The van der Waals surface area contributed by atoms with Crippen LogP contribution in [0.2, 0.25) is 0 Å². The third-order valence-corrected chi connectivity index (χ3v) is 4.33. The topological polar surface area (TPSA) is 75.0 Å². The molecule has 1 aromatic carbocycles. The van der Waals surface area contributed by atoms with Crippen LogP contribution in [-0.2, 0) is 19.4 Å². The van der Waals surface area contributed by atoms with Gasteiger partial charge in [-0.2, -0.15) is 0 Å². The maximum atomic E-state index is 12.6. The Balaban J connectivity index is 1.55. The summed E-state index contributed by atoms with van der Waals surface area (Å²) in [7, 11) is 1.76. The Morgan fingerprint density at radius 3 is 3.00 bits per heavy atom. The number of amides is 1. The standard InChI is InChI=1S/C17H18N4O2/c1-21(10-15-18-13-8-4-5-9-14(13)19-15)17(22)16-11-6-2-3-7-12(11)20-23-16/h4-5,8-9H,2-3,6-7,10H2,1H3,(H,18,19). The number of carbonyl (C=O) groups excluding carboxylic acids is 1. The quantitative estimate of drug-likeness (QED) is 0.807. The first-order chi connectivity index (χ1) is 11.2. The molecule has 2 aromatic heterocycles. The Bertz CT molecular complexity index is 831. The number of para-hydroxylation sites is 2. The fourth-order valence-corrected chi connectivity index (χ4v) is 3.11. The number of aryl methyl sites for hydroxylation is 1. The zero-order chi connectivity index (χ0) is 15.8. The second kappa shape index (κ2) is 5.53. The molecule has 0 saturated heterocycles. The molecule has 2 heterocycles. The number of hydrogen-bond donors (Lipinski definition) is 1. The van der Waals surface area contributed by atoms with Gasteiger partial charge in [-0.1, -0.05) is 17.3 Å². The van der Waals surface area contributed by atoms with Gasteiger partial charge in [0.1, 0.15) is 5.82 Å². The van der Waals surface area contributed by atoms with E-state index in [0.29, 0.717) is 12.3 Å². The minimum atomic E-state index is -0.138. The Kier molecular flexibility index (Phi) is 3.37. The number of nitrogens with one attached hydrogen (secondary N) is 1. The van der Waals surface area contributed by atoms with Gasteiger partial charge in [0, 0.05) is 12.6 Å². The average molecular weight is 310 g/mol. The van der Waals surface area contributed by atoms with E-state index < -0.39 is 0 Å². The van der Waals surface area contributed by atoms with Gasteiger partial charge in [0.05, 0.1) is 23.3 Å². The average Bonchev–Trinajstić information content (AvgIpc) is 3.17. The van der Waals surface area contributed by atoms with E-state index in [1.54, 1.807) is 11.9 Å². The number of nitrogens with zero attached hydrogens (tertiary/aromatic N) is 3. The van der Waals surface area contributed by atoms with Gasteiger partial charge in [0.15, 0.2) is 0 Å². The molecule has 1 aliphatic rings. The van der Waals surface area contributed by atoms with E-state index in [9.17, 15) is 4.79 Å². The van der Waals surface area contributed by atoms with Crippen LogP contribution < -0.4 is 0 Å². The van der Waals surface area contributed by atoms with Crippen LogP contribution in [0, 0.1) is 0 Å². The largest absolute Gasteiger partial charge is 0.350 e. The lowest BCUT2D eigenvalue weighted by Gasteiger charge is -2.15. The summed E-state index contributed by atoms with van der Waals surface area (Å²) in [6, 6.07) is 7.83. The molecular formula is C17H18N4O2. The zero-order valence-electron chi connectivity index (χ0n) is 13.0. The van der Waals surface area contributed by atoms with E-state index in [4.69, 9.17) is 4.52 Å². The van der Waals surface area contributed by atoms with Gasteiger partial charge in [-0.3, -0.25) is 4.79 Å². The Morgan fingerprint density at radius 2 is 2.13 bits per heavy atom. The second-order valence-electron chi connectivity index (χ2n) is 6.01. The monoisotopic (exact) mass is 310 g/mol. The number of aromatic amines is 1. The highest BCUT2D eigenvalue weighted by Crippen LogP contribution is 2.25. The first kappa shape index (κ1) is 14.0. The molecule has 0 unspecified atom stereocenters. The highest BCUT2D eigenvalue weighted by molar-refractivity contribution is 5.93. The van der Waals surface area contributed by atoms with Crippen LogP contribution in [0.4, 0.5) is 0 Å². The molecule has 6 nitrogen and oxygen atoms in total. The van der Waals surface area contributed by atoms with E-state index in [-0.39, 0.29) is 5.91 Å². The minimum Gasteiger partial charge on any atom is -0.350 e. The van der Waals surface area contributed by atoms with Gasteiger partial charge < -0.3 is 14.4 Å². The molecule has 1 amide bonds. The van der Waals surface area contributed by atoms with Crippen LogP contribution in [0.3, 0.4) is 0 Å². The molecule has 0 fully saturated rings. The number of H-pyrrole nitrogens is 1. The van der Waals surface area contributed by atoms with Crippen molar-refractivity contribution in [3.05, 3.63) is 47.1 Å². The number of hydrogen-bond acceptors (Lipinski definition) is 4. The van der Waals surface area contributed by atoms with Gasteiger partial charge >= 0.3 is 0 Å². The van der Waals surface area contributed by atoms with Crippen LogP contribution in [-0.4, -0.2) is 33.0 Å². The Hall–Kier alpha value is -2.63. The van der Waals surface area contributed by atoms with Crippen molar-refractivity contribution in [3.63, 3.8) is 0 Å². The van der Waals surface area contributed by atoms with E-state index in [1.807, 2.05) is 24.3 Å². The molecule has 23 heavy (non-hydrogen) atoms. The Labute approximate surface area is 133 Å². The third-order valence-electron chi connectivity index (χ3n) is 4.33. The zero-order valence-corrected chi connectivity index (χ0v) is 13.0. The van der Waals surface area contributed by atoms with E-state index >= 15 is 0 Å². The molecule has 6 heteroatoms. The van der Waals surface area contributed by atoms with Crippen molar-refractivity contribution in [2.24, 2.45) is 0 Å². The minimum absolute atomic E-state index is 0.138. The summed E-state index contributed by atoms with van der Waals surface area (Å²) in [6.45, 7) is 0.406. The van der Waals surface area contributed by atoms with Crippen LogP contribution >= 0.6 is 0 Å². The van der Waals surface area contributed by atoms with Crippen LogP contribution in [0.15, 0.2) is 28.8 Å². The lowest BCUT2D eigenvalue weighted by Crippen LogP contribution is -2.27. The van der Waals surface area contributed by atoms with Crippen molar-refractivity contribution in [1.29, 1.82) is 0 Å². The van der Waals surface area contributed by atoms with Gasteiger partial charge in [-0.05, 0) is 37.8 Å².